The molecule has 2 aliphatic heterocycles. The van der Waals surface area contributed by atoms with Gasteiger partial charge in [-0.05, 0) is 48.4 Å². The molecule has 2 heterocycles. The van der Waals surface area contributed by atoms with Gasteiger partial charge in [-0.3, -0.25) is 4.90 Å². The van der Waals surface area contributed by atoms with Crippen LogP contribution < -0.4 is 0 Å². The van der Waals surface area contributed by atoms with Gasteiger partial charge in [0.1, 0.15) is 4.90 Å². The molecule has 0 unspecified atom stereocenters. The van der Waals surface area contributed by atoms with Gasteiger partial charge >= 0.3 is 0 Å². The van der Waals surface area contributed by atoms with Crippen LogP contribution in [0.25, 0.3) is 0 Å². The lowest BCUT2D eigenvalue weighted by atomic mass is 9.94. The number of halogens is 3. The lowest BCUT2D eigenvalue weighted by Crippen LogP contribution is -2.42. The fourth-order valence-corrected chi connectivity index (χ4v) is 6.69. The van der Waals surface area contributed by atoms with Crippen LogP contribution in [0.4, 0.5) is 0 Å². The van der Waals surface area contributed by atoms with E-state index in [4.69, 9.17) is 34.8 Å². The number of sulfonamides is 1. The predicted molar refractivity (Wildman–Crippen MR) is 118 cm³/mol. The first-order valence-electron chi connectivity index (χ1n) is 9.78. The first-order chi connectivity index (χ1) is 13.8. The smallest absolute Gasteiger partial charge is 0.244 e. The van der Waals surface area contributed by atoms with Crippen molar-refractivity contribution in [1.29, 1.82) is 0 Å². The maximum absolute atomic E-state index is 13.0. The molecule has 0 bridgehead atoms. The molecule has 0 aromatic heterocycles. The van der Waals surface area contributed by atoms with E-state index in [0.29, 0.717) is 19.0 Å². The average Bonchev–Trinajstić information content (AvgIpc) is 2.71. The van der Waals surface area contributed by atoms with Gasteiger partial charge in [-0.2, -0.15) is 4.31 Å². The van der Waals surface area contributed by atoms with E-state index < -0.39 is 10.0 Å². The number of nitrogens with zero attached hydrogens (tertiary/aromatic N) is 2. The number of piperidine rings is 1. The molecule has 1 fully saturated rings. The van der Waals surface area contributed by atoms with Gasteiger partial charge in [0.2, 0.25) is 10.0 Å². The Labute approximate surface area is 187 Å². The highest BCUT2D eigenvalue weighted by Gasteiger charge is 2.32. The van der Waals surface area contributed by atoms with Crippen LogP contribution in [0.3, 0.4) is 0 Å². The standard InChI is InChI=1S/C21H23Cl3N2O2S/c22-18-11-20(24)21(12-19(18)23)29(27,28)26-9-5-15(6-10-26)13-25-8-7-16-3-1-2-4-17(16)14-25/h1-4,11-12,15H,5-10,13-14H2. The second-order valence-corrected chi connectivity index (χ2v) is 10.9. The van der Waals surface area contributed by atoms with E-state index in [1.54, 1.807) is 0 Å². The fourth-order valence-electron chi connectivity index (χ4n) is 4.25. The number of hydrogen-bond acceptors (Lipinski definition) is 3. The fraction of sp³-hybridized carbons (Fsp3) is 0.429. The molecule has 156 valence electrons. The van der Waals surface area contributed by atoms with Crippen molar-refractivity contribution in [3.63, 3.8) is 0 Å². The molecule has 4 nitrogen and oxygen atoms in total. The molecular weight excluding hydrogens is 451 g/mol. The maximum atomic E-state index is 13.0. The summed E-state index contributed by atoms with van der Waals surface area (Å²) >= 11 is 18.1. The van der Waals surface area contributed by atoms with Crippen molar-refractivity contribution in [1.82, 2.24) is 9.21 Å². The van der Waals surface area contributed by atoms with Gasteiger partial charge in [-0.15, -0.1) is 0 Å². The third-order valence-electron chi connectivity index (χ3n) is 5.89. The highest BCUT2D eigenvalue weighted by atomic mass is 35.5. The highest BCUT2D eigenvalue weighted by Crippen LogP contribution is 2.34. The number of rotatable bonds is 4. The number of hydrogen-bond donors (Lipinski definition) is 0. The van der Waals surface area contributed by atoms with Gasteiger partial charge in [-0.1, -0.05) is 59.1 Å². The summed E-state index contributed by atoms with van der Waals surface area (Å²) in [6, 6.07) is 11.4. The Morgan fingerprint density at radius 3 is 2.28 bits per heavy atom. The molecule has 0 amide bonds. The van der Waals surface area contributed by atoms with E-state index in [1.807, 2.05) is 0 Å². The van der Waals surface area contributed by atoms with Crippen molar-refractivity contribution in [3.05, 3.63) is 62.6 Å². The quantitative estimate of drug-likeness (QED) is 0.580. The minimum absolute atomic E-state index is 0.0275. The number of benzene rings is 2. The minimum Gasteiger partial charge on any atom is -0.298 e. The Hall–Kier alpha value is -0.820. The highest BCUT2D eigenvalue weighted by molar-refractivity contribution is 7.89. The van der Waals surface area contributed by atoms with Gasteiger partial charge in [0, 0.05) is 32.7 Å². The van der Waals surface area contributed by atoms with Crippen molar-refractivity contribution in [2.24, 2.45) is 5.92 Å². The largest absolute Gasteiger partial charge is 0.298 e. The molecule has 2 aromatic carbocycles. The Kier molecular flexibility index (Phi) is 6.45. The lowest BCUT2D eigenvalue weighted by Gasteiger charge is -2.36. The Morgan fingerprint density at radius 2 is 1.55 bits per heavy atom. The van der Waals surface area contributed by atoms with E-state index in [9.17, 15) is 8.42 Å². The van der Waals surface area contributed by atoms with Gasteiger partial charge in [0.15, 0.2) is 0 Å². The summed E-state index contributed by atoms with van der Waals surface area (Å²) in [4.78, 5) is 2.52. The maximum Gasteiger partial charge on any atom is 0.244 e. The Balaban J connectivity index is 1.38. The summed E-state index contributed by atoms with van der Waals surface area (Å²) in [5, 5.41) is 0.542. The van der Waals surface area contributed by atoms with Crippen LogP contribution in [0.2, 0.25) is 15.1 Å². The average molecular weight is 474 g/mol. The zero-order chi connectivity index (χ0) is 20.6. The second-order valence-electron chi connectivity index (χ2n) is 7.80. The molecule has 29 heavy (non-hydrogen) atoms. The summed E-state index contributed by atoms with van der Waals surface area (Å²) < 4.78 is 27.6. The van der Waals surface area contributed by atoms with E-state index >= 15 is 0 Å². The molecule has 1 saturated heterocycles. The Morgan fingerprint density at radius 1 is 0.897 bits per heavy atom. The molecule has 0 saturated carbocycles. The van der Waals surface area contributed by atoms with Gasteiger partial charge in [0.25, 0.3) is 0 Å². The van der Waals surface area contributed by atoms with E-state index in [-0.39, 0.29) is 20.0 Å². The molecule has 2 aromatic rings. The first kappa shape index (κ1) is 21.4. The summed E-state index contributed by atoms with van der Waals surface area (Å²) in [5.74, 6) is 0.496. The predicted octanol–water partition coefficient (Wildman–Crippen LogP) is 5.11. The van der Waals surface area contributed by atoms with Crippen LogP contribution in [0.5, 0.6) is 0 Å². The van der Waals surface area contributed by atoms with Crippen LogP contribution in [0.1, 0.15) is 24.0 Å². The van der Waals surface area contributed by atoms with Crippen LogP contribution in [-0.4, -0.2) is 43.8 Å². The van der Waals surface area contributed by atoms with Gasteiger partial charge < -0.3 is 0 Å². The summed E-state index contributed by atoms with van der Waals surface area (Å²) in [5.41, 5.74) is 2.86. The van der Waals surface area contributed by atoms with E-state index in [0.717, 1.165) is 38.9 Å². The second kappa shape index (κ2) is 8.74. The van der Waals surface area contributed by atoms with Crippen LogP contribution in [0, 0.1) is 5.92 Å². The molecule has 2 aliphatic rings. The molecule has 0 spiro atoms. The SMILES string of the molecule is O=S(=O)(c1cc(Cl)c(Cl)cc1Cl)N1CCC(CN2CCc3ccccc3C2)CC1. The minimum atomic E-state index is -3.68. The molecule has 4 rings (SSSR count). The molecule has 0 N–H and O–H groups in total. The molecule has 8 heteroatoms. The van der Waals surface area contributed by atoms with Crippen molar-refractivity contribution >= 4 is 44.8 Å². The van der Waals surface area contributed by atoms with E-state index in [2.05, 4.69) is 29.2 Å². The monoisotopic (exact) mass is 472 g/mol. The van der Waals surface area contributed by atoms with Crippen LogP contribution in [-0.2, 0) is 23.0 Å². The third-order valence-corrected chi connectivity index (χ3v) is 8.98. The molecular formula is C21H23Cl3N2O2S. The third kappa shape index (κ3) is 4.60. The topological polar surface area (TPSA) is 40.6 Å². The lowest BCUT2D eigenvalue weighted by molar-refractivity contribution is 0.171. The first-order valence-corrected chi connectivity index (χ1v) is 12.4. The number of fused-ring (bicyclic) bond motifs is 1. The summed E-state index contributed by atoms with van der Waals surface area (Å²) in [7, 11) is -3.68. The molecule has 0 atom stereocenters. The van der Waals surface area contributed by atoms with Crippen molar-refractivity contribution in [2.75, 3.05) is 26.2 Å². The van der Waals surface area contributed by atoms with Crippen LogP contribution >= 0.6 is 34.8 Å². The van der Waals surface area contributed by atoms with E-state index in [1.165, 1.54) is 27.6 Å². The van der Waals surface area contributed by atoms with Crippen LogP contribution in [0.15, 0.2) is 41.3 Å². The zero-order valence-electron chi connectivity index (χ0n) is 16.0. The summed E-state index contributed by atoms with van der Waals surface area (Å²) in [6.45, 7) is 4.04. The van der Waals surface area contributed by atoms with Crippen molar-refractivity contribution < 1.29 is 8.42 Å². The van der Waals surface area contributed by atoms with Gasteiger partial charge in [-0.25, -0.2) is 8.42 Å². The molecule has 0 radical (unpaired) electrons. The molecule has 0 aliphatic carbocycles. The Bertz CT molecular complexity index is 1000. The summed E-state index contributed by atoms with van der Waals surface area (Å²) in [6.07, 6.45) is 2.77. The van der Waals surface area contributed by atoms with Crippen molar-refractivity contribution in [3.8, 4) is 0 Å². The zero-order valence-corrected chi connectivity index (χ0v) is 19.0. The van der Waals surface area contributed by atoms with Gasteiger partial charge in [0.05, 0.1) is 15.1 Å². The normalized spacial score (nSPS) is 19.3. The van der Waals surface area contributed by atoms with Crippen molar-refractivity contribution in [2.45, 2.75) is 30.7 Å².